The van der Waals surface area contributed by atoms with E-state index in [1.54, 1.807) is 6.07 Å². The molecule has 2 unspecified atom stereocenters. The number of benzene rings is 1. The van der Waals surface area contributed by atoms with Gasteiger partial charge in [-0.25, -0.2) is 13.1 Å². The lowest BCUT2D eigenvalue weighted by Crippen LogP contribution is -2.41. The van der Waals surface area contributed by atoms with Gasteiger partial charge in [-0.15, -0.1) is 0 Å². The van der Waals surface area contributed by atoms with Gasteiger partial charge < -0.3 is 5.73 Å². The van der Waals surface area contributed by atoms with Crippen molar-refractivity contribution in [1.29, 1.82) is 0 Å². The maximum absolute atomic E-state index is 12.7. The molecule has 1 aromatic carbocycles. The van der Waals surface area contributed by atoms with Crippen LogP contribution < -0.4 is 10.5 Å². The topological polar surface area (TPSA) is 72.2 Å². The molecule has 4 nitrogen and oxygen atoms in total. The largest absolute Gasteiger partial charge is 0.326 e. The van der Waals surface area contributed by atoms with Crippen LogP contribution in [0.25, 0.3) is 0 Å². The number of nitrogens with one attached hydrogen (secondary N) is 1. The minimum atomic E-state index is -3.48. The summed E-state index contributed by atoms with van der Waals surface area (Å²) in [5.74, 6) is 0.396. The van der Waals surface area contributed by atoms with Crippen molar-refractivity contribution in [2.75, 3.05) is 0 Å². The Hall–Kier alpha value is -0.910. The lowest BCUT2D eigenvalue weighted by atomic mass is 9.87. The Kier molecular flexibility index (Phi) is 5.07. The van der Waals surface area contributed by atoms with Crippen molar-refractivity contribution in [3.8, 4) is 0 Å². The van der Waals surface area contributed by atoms with Gasteiger partial charge in [-0.05, 0) is 55.4 Å². The first-order valence-corrected chi connectivity index (χ1v) is 9.16. The summed E-state index contributed by atoms with van der Waals surface area (Å²) in [5, 5.41) is 0. The molecule has 0 radical (unpaired) electrons. The van der Waals surface area contributed by atoms with Crippen LogP contribution in [0.15, 0.2) is 17.0 Å². The second-order valence-electron chi connectivity index (χ2n) is 6.23. The second kappa shape index (κ2) is 6.46. The van der Waals surface area contributed by atoms with Crippen LogP contribution in [0.1, 0.15) is 49.3 Å². The average molecular weight is 310 g/mol. The summed E-state index contributed by atoms with van der Waals surface area (Å²) in [5.41, 5.74) is 8.30. The highest BCUT2D eigenvalue weighted by Gasteiger charge is 2.28. The van der Waals surface area contributed by atoms with Gasteiger partial charge in [0.1, 0.15) is 0 Å². The summed E-state index contributed by atoms with van der Waals surface area (Å²) in [4.78, 5) is 0.376. The first kappa shape index (κ1) is 16.5. The molecule has 0 bridgehead atoms. The normalized spacial score (nSPS) is 23.2. The van der Waals surface area contributed by atoms with Gasteiger partial charge >= 0.3 is 0 Å². The minimum absolute atomic E-state index is 0.0463. The van der Waals surface area contributed by atoms with Crippen LogP contribution in [0.3, 0.4) is 0 Å². The van der Waals surface area contributed by atoms with Crippen molar-refractivity contribution < 1.29 is 8.42 Å². The zero-order chi connectivity index (χ0) is 15.6. The highest BCUT2D eigenvalue weighted by atomic mass is 32.2. The summed E-state index contributed by atoms with van der Waals surface area (Å²) in [7, 11) is -3.48. The Morgan fingerprint density at radius 1 is 1.24 bits per heavy atom. The molecule has 0 heterocycles. The quantitative estimate of drug-likeness (QED) is 0.898. The molecule has 1 aliphatic rings. The lowest BCUT2D eigenvalue weighted by molar-refractivity contribution is 0.310. The second-order valence-corrected chi connectivity index (χ2v) is 7.91. The molecule has 21 heavy (non-hydrogen) atoms. The number of hydrogen-bond acceptors (Lipinski definition) is 3. The lowest BCUT2D eigenvalue weighted by Gasteiger charge is -2.29. The fraction of sp³-hybridized carbons (Fsp3) is 0.625. The first-order valence-electron chi connectivity index (χ1n) is 7.67. The van der Waals surface area contributed by atoms with E-state index in [0.717, 1.165) is 36.0 Å². The molecule has 0 amide bonds. The Labute approximate surface area is 128 Å². The van der Waals surface area contributed by atoms with Gasteiger partial charge in [0, 0.05) is 12.6 Å². The number of sulfonamides is 1. The van der Waals surface area contributed by atoms with E-state index in [4.69, 9.17) is 5.73 Å². The van der Waals surface area contributed by atoms with Gasteiger partial charge in [0.2, 0.25) is 10.0 Å². The van der Waals surface area contributed by atoms with Crippen LogP contribution in [-0.2, 0) is 16.6 Å². The fourth-order valence-electron chi connectivity index (χ4n) is 3.05. The molecular weight excluding hydrogens is 284 g/mol. The summed E-state index contributed by atoms with van der Waals surface area (Å²) >= 11 is 0. The van der Waals surface area contributed by atoms with E-state index >= 15 is 0 Å². The van der Waals surface area contributed by atoms with Gasteiger partial charge in [-0.2, -0.15) is 0 Å². The third kappa shape index (κ3) is 3.65. The molecule has 1 saturated carbocycles. The highest BCUT2D eigenvalue weighted by molar-refractivity contribution is 7.89. The molecule has 1 aromatic rings. The SMILES string of the molecule is Cc1cc(CN)cc(S(=O)(=O)NC2CCCCC2C)c1C. The fourth-order valence-corrected chi connectivity index (χ4v) is 4.80. The van der Waals surface area contributed by atoms with Crippen LogP contribution in [0.2, 0.25) is 0 Å². The molecule has 1 aliphatic carbocycles. The minimum Gasteiger partial charge on any atom is -0.326 e. The molecule has 0 saturated heterocycles. The predicted molar refractivity (Wildman–Crippen MR) is 85.5 cm³/mol. The molecule has 0 spiro atoms. The van der Waals surface area contributed by atoms with Gasteiger partial charge in [0.15, 0.2) is 0 Å². The first-order chi connectivity index (χ1) is 9.85. The molecule has 3 N–H and O–H groups in total. The molecule has 2 rings (SSSR count). The predicted octanol–water partition coefficient (Wildman–Crippen LogP) is 2.62. The number of rotatable bonds is 4. The molecule has 0 aliphatic heterocycles. The van der Waals surface area contributed by atoms with Crippen molar-refractivity contribution in [1.82, 2.24) is 4.72 Å². The molecule has 5 heteroatoms. The van der Waals surface area contributed by atoms with Crippen molar-refractivity contribution in [3.63, 3.8) is 0 Å². The Balaban J connectivity index is 2.33. The van der Waals surface area contributed by atoms with Crippen molar-refractivity contribution >= 4 is 10.0 Å². The standard InChI is InChI=1S/C16H26N2O2S/c1-11-6-4-5-7-15(11)18-21(19,20)16-9-14(10-17)8-12(2)13(16)3/h8-9,11,15,18H,4-7,10,17H2,1-3H3. The monoisotopic (exact) mass is 310 g/mol. The van der Waals surface area contributed by atoms with Crippen LogP contribution >= 0.6 is 0 Å². The van der Waals surface area contributed by atoms with E-state index in [2.05, 4.69) is 11.6 Å². The van der Waals surface area contributed by atoms with Crippen LogP contribution in [0, 0.1) is 19.8 Å². The van der Waals surface area contributed by atoms with Crippen LogP contribution in [0.5, 0.6) is 0 Å². The third-order valence-corrected chi connectivity index (χ3v) is 6.24. The Morgan fingerprint density at radius 3 is 2.52 bits per heavy atom. The van der Waals surface area contributed by atoms with E-state index in [1.165, 1.54) is 6.42 Å². The van der Waals surface area contributed by atoms with Gasteiger partial charge in [-0.3, -0.25) is 0 Å². The third-order valence-electron chi connectivity index (χ3n) is 4.62. The summed E-state index contributed by atoms with van der Waals surface area (Å²) in [6, 6.07) is 3.71. The zero-order valence-corrected chi connectivity index (χ0v) is 14.0. The summed E-state index contributed by atoms with van der Waals surface area (Å²) < 4.78 is 28.4. The summed E-state index contributed by atoms with van der Waals surface area (Å²) in [6.45, 7) is 6.26. The van der Waals surface area contributed by atoms with Gasteiger partial charge in [-0.1, -0.05) is 25.8 Å². The van der Waals surface area contributed by atoms with E-state index in [1.807, 2.05) is 19.9 Å². The van der Waals surface area contributed by atoms with Gasteiger partial charge in [0.05, 0.1) is 4.90 Å². The summed E-state index contributed by atoms with van der Waals surface area (Å²) in [6.07, 6.45) is 4.31. The van der Waals surface area contributed by atoms with Crippen molar-refractivity contribution in [3.05, 3.63) is 28.8 Å². The van der Waals surface area contributed by atoms with E-state index in [9.17, 15) is 8.42 Å². The maximum Gasteiger partial charge on any atom is 0.241 e. The molecular formula is C16H26N2O2S. The number of aryl methyl sites for hydroxylation is 1. The Morgan fingerprint density at radius 2 is 1.90 bits per heavy atom. The van der Waals surface area contributed by atoms with Gasteiger partial charge in [0.25, 0.3) is 0 Å². The highest BCUT2D eigenvalue weighted by Crippen LogP contribution is 2.27. The molecule has 0 aromatic heterocycles. The molecule has 118 valence electrons. The van der Waals surface area contributed by atoms with E-state index in [-0.39, 0.29) is 6.04 Å². The smallest absolute Gasteiger partial charge is 0.241 e. The zero-order valence-electron chi connectivity index (χ0n) is 13.1. The van der Waals surface area contributed by atoms with Crippen molar-refractivity contribution in [2.24, 2.45) is 11.7 Å². The number of hydrogen-bond donors (Lipinski definition) is 2. The maximum atomic E-state index is 12.7. The number of nitrogens with two attached hydrogens (primary N) is 1. The average Bonchev–Trinajstić information content (AvgIpc) is 2.43. The van der Waals surface area contributed by atoms with Crippen LogP contribution in [0.4, 0.5) is 0 Å². The van der Waals surface area contributed by atoms with Crippen molar-refractivity contribution in [2.45, 2.75) is 63.9 Å². The van der Waals surface area contributed by atoms with Crippen LogP contribution in [-0.4, -0.2) is 14.5 Å². The van der Waals surface area contributed by atoms with E-state index in [0.29, 0.717) is 17.4 Å². The van der Waals surface area contributed by atoms with E-state index < -0.39 is 10.0 Å². The molecule has 1 fully saturated rings. The Bertz CT molecular complexity index is 611. The molecule has 2 atom stereocenters.